The highest BCUT2D eigenvalue weighted by Crippen LogP contribution is 2.36. The fourth-order valence-corrected chi connectivity index (χ4v) is 2.11. The topological polar surface area (TPSA) is 47.6 Å². The van der Waals surface area contributed by atoms with Crippen molar-refractivity contribution in [1.29, 1.82) is 0 Å². The fourth-order valence-electron chi connectivity index (χ4n) is 1.82. The van der Waals surface area contributed by atoms with Crippen LogP contribution in [0.4, 0.5) is 10.1 Å². The molecule has 0 bridgehead atoms. The summed E-state index contributed by atoms with van der Waals surface area (Å²) in [6.45, 7) is 0. The minimum atomic E-state index is -0.432. The van der Waals surface area contributed by atoms with Crippen LogP contribution in [-0.4, -0.2) is 20.1 Å². The molecule has 0 radical (unpaired) electrons. The predicted octanol–water partition coefficient (Wildman–Crippen LogP) is 3.75. The lowest BCUT2D eigenvalue weighted by molar-refractivity contribution is 0.102. The summed E-state index contributed by atoms with van der Waals surface area (Å²) in [4.78, 5) is 12.2. The van der Waals surface area contributed by atoms with E-state index in [-0.39, 0.29) is 10.6 Å². The zero-order valence-electron chi connectivity index (χ0n) is 11.4. The first-order valence-corrected chi connectivity index (χ1v) is 6.41. The number of rotatable bonds is 4. The zero-order chi connectivity index (χ0) is 15.4. The lowest BCUT2D eigenvalue weighted by atomic mass is 10.1. The molecule has 1 N–H and O–H groups in total. The van der Waals surface area contributed by atoms with Gasteiger partial charge in [-0.3, -0.25) is 4.79 Å². The van der Waals surface area contributed by atoms with Crippen LogP contribution in [0, 0.1) is 5.82 Å². The number of anilines is 1. The van der Waals surface area contributed by atoms with Gasteiger partial charge in [0.2, 0.25) is 0 Å². The second-order valence-corrected chi connectivity index (χ2v) is 4.57. The lowest BCUT2D eigenvalue weighted by Gasteiger charge is -2.12. The van der Waals surface area contributed by atoms with Gasteiger partial charge in [-0.2, -0.15) is 0 Å². The van der Waals surface area contributed by atoms with E-state index in [1.165, 1.54) is 44.6 Å². The van der Waals surface area contributed by atoms with E-state index in [4.69, 9.17) is 21.1 Å². The molecule has 1 amide bonds. The van der Waals surface area contributed by atoms with Crippen molar-refractivity contribution in [2.45, 2.75) is 0 Å². The first-order valence-electron chi connectivity index (χ1n) is 6.03. The molecule has 2 aromatic carbocycles. The molecule has 0 spiro atoms. The van der Waals surface area contributed by atoms with Gasteiger partial charge in [0, 0.05) is 11.3 Å². The van der Waals surface area contributed by atoms with Gasteiger partial charge in [-0.25, -0.2) is 4.39 Å². The molecule has 21 heavy (non-hydrogen) atoms. The molecule has 0 heterocycles. The van der Waals surface area contributed by atoms with Crippen molar-refractivity contribution in [3.05, 3.63) is 52.8 Å². The Bertz CT molecular complexity index is 676. The smallest absolute Gasteiger partial charge is 0.255 e. The number of carbonyl (C=O) groups is 1. The number of carbonyl (C=O) groups excluding carboxylic acids is 1. The van der Waals surface area contributed by atoms with Crippen molar-refractivity contribution >= 4 is 23.2 Å². The molecule has 0 saturated carbocycles. The van der Waals surface area contributed by atoms with Crippen LogP contribution in [0.15, 0.2) is 36.4 Å². The van der Waals surface area contributed by atoms with Gasteiger partial charge >= 0.3 is 0 Å². The molecule has 0 atom stereocenters. The van der Waals surface area contributed by atoms with E-state index in [1.54, 1.807) is 6.07 Å². The van der Waals surface area contributed by atoms with Crippen LogP contribution in [0.2, 0.25) is 5.02 Å². The Labute approximate surface area is 126 Å². The Kier molecular flexibility index (Phi) is 4.65. The zero-order valence-corrected chi connectivity index (χ0v) is 12.2. The Balaban J connectivity index is 2.29. The van der Waals surface area contributed by atoms with Crippen LogP contribution in [0.1, 0.15) is 10.4 Å². The summed E-state index contributed by atoms with van der Waals surface area (Å²) in [6, 6.07) is 8.57. The van der Waals surface area contributed by atoms with Gasteiger partial charge in [0.25, 0.3) is 5.91 Å². The van der Waals surface area contributed by atoms with E-state index in [2.05, 4.69) is 5.32 Å². The SMILES string of the molecule is COc1cc(C(=O)Nc2cccc(F)c2)cc(Cl)c1OC. The monoisotopic (exact) mass is 309 g/mol. The molecule has 0 aliphatic rings. The minimum absolute atomic E-state index is 0.251. The minimum Gasteiger partial charge on any atom is -0.493 e. The van der Waals surface area contributed by atoms with E-state index in [9.17, 15) is 9.18 Å². The normalized spacial score (nSPS) is 10.1. The molecule has 0 saturated heterocycles. The van der Waals surface area contributed by atoms with E-state index < -0.39 is 11.7 Å². The van der Waals surface area contributed by atoms with Gasteiger partial charge in [0.05, 0.1) is 19.2 Å². The predicted molar refractivity (Wildman–Crippen MR) is 78.9 cm³/mol. The highest BCUT2D eigenvalue weighted by atomic mass is 35.5. The number of methoxy groups -OCH3 is 2. The number of amides is 1. The Morgan fingerprint density at radius 2 is 1.95 bits per heavy atom. The Hall–Kier alpha value is -2.27. The lowest BCUT2D eigenvalue weighted by Crippen LogP contribution is -2.12. The molecule has 0 aromatic heterocycles. The van der Waals surface area contributed by atoms with Crippen molar-refractivity contribution in [3.63, 3.8) is 0 Å². The Morgan fingerprint density at radius 1 is 1.19 bits per heavy atom. The maximum Gasteiger partial charge on any atom is 0.255 e. The third kappa shape index (κ3) is 3.44. The van der Waals surface area contributed by atoms with E-state index >= 15 is 0 Å². The average molecular weight is 310 g/mol. The Morgan fingerprint density at radius 3 is 2.57 bits per heavy atom. The highest BCUT2D eigenvalue weighted by molar-refractivity contribution is 6.32. The summed E-state index contributed by atoms with van der Waals surface area (Å²) >= 11 is 6.04. The van der Waals surface area contributed by atoms with Crippen molar-refractivity contribution < 1.29 is 18.7 Å². The van der Waals surface area contributed by atoms with E-state index in [1.807, 2.05) is 0 Å². The van der Waals surface area contributed by atoms with Gasteiger partial charge < -0.3 is 14.8 Å². The number of benzene rings is 2. The van der Waals surface area contributed by atoms with E-state index in [0.717, 1.165) is 0 Å². The van der Waals surface area contributed by atoms with Gasteiger partial charge in [-0.1, -0.05) is 17.7 Å². The molecular weight excluding hydrogens is 297 g/mol. The summed E-state index contributed by atoms with van der Waals surface area (Å²) in [6.07, 6.45) is 0. The van der Waals surface area contributed by atoms with Crippen molar-refractivity contribution in [2.24, 2.45) is 0 Å². The largest absolute Gasteiger partial charge is 0.493 e. The second-order valence-electron chi connectivity index (χ2n) is 4.16. The number of nitrogens with one attached hydrogen (secondary N) is 1. The third-order valence-electron chi connectivity index (χ3n) is 2.78. The molecule has 2 aromatic rings. The third-order valence-corrected chi connectivity index (χ3v) is 3.06. The van der Waals surface area contributed by atoms with Crippen LogP contribution >= 0.6 is 11.6 Å². The average Bonchev–Trinajstić information content (AvgIpc) is 2.46. The summed E-state index contributed by atoms with van der Waals surface area (Å²) in [7, 11) is 2.90. The van der Waals surface area contributed by atoms with Crippen LogP contribution in [-0.2, 0) is 0 Å². The van der Waals surface area contributed by atoms with Crippen molar-refractivity contribution in [1.82, 2.24) is 0 Å². The molecule has 6 heteroatoms. The van der Waals surface area contributed by atoms with Gasteiger partial charge in [0.1, 0.15) is 5.82 Å². The van der Waals surface area contributed by atoms with Crippen molar-refractivity contribution in [3.8, 4) is 11.5 Å². The molecule has 0 fully saturated rings. The number of hydrogen-bond acceptors (Lipinski definition) is 3. The fraction of sp³-hybridized carbons (Fsp3) is 0.133. The van der Waals surface area contributed by atoms with Gasteiger partial charge in [-0.15, -0.1) is 0 Å². The molecular formula is C15H13ClFNO3. The first kappa shape index (κ1) is 15.1. The van der Waals surface area contributed by atoms with Crippen LogP contribution < -0.4 is 14.8 Å². The quantitative estimate of drug-likeness (QED) is 0.935. The van der Waals surface area contributed by atoms with Gasteiger partial charge in [0.15, 0.2) is 11.5 Å². The van der Waals surface area contributed by atoms with Crippen LogP contribution in [0.5, 0.6) is 11.5 Å². The maximum absolute atomic E-state index is 13.1. The number of ether oxygens (including phenoxy) is 2. The summed E-state index contributed by atoms with van der Waals surface area (Å²) in [5, 5.41) is 2.83. The molecule has 110 valence electrons. The molecule has 0 aliphatic heterocycles. The van der Waals surface area contributed by atoms with Crippen LogP contribution in [0.25, 0.3) is 0 Å². The van der Waals surface area contributed by atoms with Crippen molar-refractivity contribution in [2.75, 3.05) is 19.5 Å². The molecule has 2 rings (SSSR count). The van der Waals surface area contributed by atoms with E-state index in [0.29, 0.717) is 17.2 Å². The molecule has 0 aliphatic carbocycles. The maximum atomic E-state index is 13.1. The van der Waals surface area contributed by atoms with Crippen LogP contribution in [0.3, 0.4) is 0 Å². The standard InChI is InChI=1S/C15H13ClFNO3/c1-20-13-7-9(6-12(16)14(13)21-2)15(19)18-11-5-3-4-10(17)8-11/h3-8H,1-2H3,(H,18,19). The summed E-state index contributed by atoms with van der Waals surface area (Å²) in [5.41, 5.74) is 0.632. The second kappa shape index (κ2) is 6.45. The van der Waals surface area contributed by atoms with Gasteiger partial charge in [-0.05, 0) is 30.3 Å². The number of halogens is 2. The highest BCUT2D eigenvalue weighted by Gasteiger charge is 2.15. The number of hydrogen-bond donors (Lipinski definition) is 1. The summed E-state index contributed by atoms with van der Waals surface area (Å²) in [5.74, 6) is -0.169. The first-order chi connectivity index (χ1) is 10.0. The molecule has 4 nitrogen and oxygen atoms in total. The molecule has 0 unspecified atom stereocenters. The summed E-state index contributed by atoms with van der Waals surface area (Å²) < 4.78 is 23.3.